The van der Waals surface area contributed by atoms with Gasteiger partial charge in [0, 0.05) is 31.6 Å². The zero-order valence-corrected chi connectivity index (χ0v) is 10.7. The Morgan fingerprint density at radius 2 is 2.16 bits per heavy atom. The largest absolute Gasteiger partial charge is 0.396 e. The van der Waals surface area contributed by atoms with Crippen LogP contribution in [0.5, 0.6) is 0 Å². The van der Waals surface area contributed by atoms with E-state index in [0.717, 1.165) is 28.0 Å². The molecule has 2 aromatic heterocycles. The molecule has 96 valence electrons. The summed E-state index contributed by atoms with van der Waals surface area (Å²) >= 11 is 0. The molecule has 0 unspecified atom stereocenters. The third-order valence-corrected chi connectivity index (χ3v) is 3.27. The molecule has 19 heavy (non-hydrogen) atoms. The highest BCUT2D eigenvalue weighted by atomic mass is 16.2. The van der Waals surface area contributed by atoms with Gasteiger partial charge in [0.25, 0.3) is 0 Å². The Balaban J connectivity index is 2.15. The fraction of sp³-hybridized carbons (Fsp3) is 0.200. The van der Waals surface area contributed by atoms with Gasteiger partial charge in [-0.25, -0.2) is 4.98 Å². The molecule has 0 aliphatic carbocycles. The minimum atomic E-state index is 0.165. The first-order valence-corrected chi connectivity index (χ1v) is 6.26. The zero-order chi connectivity index (χ0) is 13.2. The van der Waals surface area contributed by atoms with E-state index in [1.807, 2.05) is 37.5 Å². The molecular formula is C15H15N3O. The van der Waals surface area contributed by atoms with E-state index in [9.17, 15) is 0 Å². The first-order chi connectivity index (χ1) is 9.29. The van der Waals surface area contributed by atoms with Crippen molar-refractivity contribution in [2.24, 2.45) is 7.05 Å². The van der Waals surface area contributed by atoms with Gasteiger partial charge in [-0.1, -0.05) is 6.07 Å². The van der Waals surface area contributed by atoms with Crippen molar-refractivity contribution >= 4 is 11.0 Å². The summed E-state index contributed by atoms with van der Waals surface area (Å²) in [5.74, 6) is 0.907. The van der Waals surface area contributed by atoms with Gasteiger partial charge in [-0.15, -0.1) is 0 Å². The van der Waals surface area contributed by atoms with Gasteiger partial charge >= 0.3 is 0 Å². The SMILES string of the molecule is Cn1c(-c2cccnc2)nc2ccc(CCO)cc21. The summed E-state index contributed by atoms with van der Waals surface area (Å²) in [6, 6.07) is 10.0. The first-order valence-electron chi connectivity index (χ1n) is 6.26. The van der Waals surface area contributed by atoms with E-state index in [0.29, 0.717) is 6.42 Å². The van der Waals surface area contributed by atoms with Gasteiger partial charge in [-0.3, -0.25) is 4.98 Å². The van der Waals surface area contributed by atoms with Crippen molar-refractivity contribution in [1.82, 2.24) is 14.5 Å². The van der Waals surface area contributed by atoms with Crippen LogP contribution in [0.3, 0.4) is 0 Å². The summed E-state index contributed by atoms with van der Waals surface area (Å²) in [4.78, 5) is 8.78. The summed E-state index contributed by atoms with van der Waals surface area (Å²) in [7, 11) is 2.00. The Hall–Kier alpha value is -2.20. The molecular weight excluding hydrogens is 238 g/mol. The maximum Gasteiger partial charge on any atom is 0.142 e. The molecule has 0 saturated carbocycles. The Morgan fingerprint density at radius 3 is 2.89 bits per heavy atom. The van der Waals surface area contributed by atoms with Crippen LogP contribution < -0.4 is 0 Å². The lowest BCUT2D eigenvalue weighted by atomic mass is 10.1. The number of aliphatic hydroxyl groups excluding tert-OH is 1. The van der Waals surface area contributed by atoms with Gasteiger partial charge in [0.05, 0.1) is 11.0 Å². The number of hydrogen-bond acceptors (Lipinski definition) is 3. The van der Waals surface area contributed by atoms with Gasteiger partial charge in [-0.05, 0) is 36.2 Å². The monoisotopic (exact) mass is 253 g/mol. The first kappa shape index (κ1) is 11.9. The van der Waals surface area contributed by atoms with Crippen molar-refractivity contribution < 1.29 is 5.11 Å². The van der Waals surface area contributed by atoms with Crippen LogP contribution in [0, 0.1) is 0 Å². The average molecular weight is 253 g/mol. The Kier molecular flexibility index (Phi) is 3.01. The lowest BCUT2D eigenvalue weighted by Gasteiger charge is -2.02. The van der Waals surface area contributed by atoms with Crippen molar-refractivity contribution in [3.63, 3.8) is 0 Å². The van der Waals surface area contributed by atoms with Crippen LogP contribution in [-0.4, -0.2) is 26.2 Å². The van der Waals surface area contributed by atoms with Crippen molar-refractivity contribution in [3.05, 3.63) is 48.3 Å². The zero-order valence-electron chi connectivity index (χ0n) is 10.7. The van der Waals surface area contributed by atoms with Crippen LogP contribution in [0.2, 0.25) is 0 Å². The number of fused-ring (bicyclic) bond motifs is 1. The van der Waals surface area contributed by atoms with Crippen LogP contribution in [0.1, 0.15) is 5.56 Å². The molecule has 0 aliphatic heterocycles. The molecule has 4 nitrogen and oxygen atoms in total. The van der Waals surface area contributed by atoms with Crippen LogP contribution in [-0.2, 0) is 13.5 Å². The number of aliphatic hydroxyl groups is 1. The second-order valence-corrected chi connectivity index (χ2v) is 4.53. The summed E-state index contributed by atoms with van der Waals surface area (Å²) < 4.78 is 2.06. The third kappa shape index (κ3) is 2.11. The molecule has 3 rings (SSSR count). The highest BCUT2D eigenvalue weighted by molar-refractivity contribution is 5.81. The van der Waals surface area contributed by atoms with E-state index in [1.165, 1.54) is 0 Å². The van der Waals surface area contributed by atoms with E-state index < -0.39 is 0 Å². The fourth-order valence-corrected chi connectivity index (χ4v) is 2.27. The predicted octanol–water partition coefficient (Wildman–Crippen LogP) is 2.17. The Labute approximate surface area is 111 Å². The highest BCUT2D eigenvalue weighted by Crippen LogP contribution is 2.23. The molecule has 0 radical (unpaired) electrons. The number of benzene rings is 1. The van der Waals surface area contributed by atoms with Gasteiger partial charge < -0.3 is 9.67 Å². The molecule has 3 aromatic rings. The number of aromatic nitrogens is 3. The molecule has 4 heteroatoms. The smallest absolute Gasteiger partial charge is 0.142 e. The molecule has 0 fully saturated rings. The Bertz CT molecular complexity index is 704. The third-order valence-electron chi connectivity index (χ3n) is 3.27. The van der Waals surface area contributed by atoms with Crippen LogP contribution in [0.15, 0.2) is 42.7 Å². The lowest BCUT2D eigenvalue weighted by molar-refractivity contribution is 0.299. The van der Waals surface area contributed by atoms with Crippen LogP contribution >= 0.6 is 0 Å². The van der Waals surface area contributed by atoms with Crippen LogP contribution in [0.25, 0.3) is 22.4 Å². The van der Waals surface area contributed by atoms with Crippen molar-refractivity contribution in [2.45, 2.75) is 6.42 Å². The average Bonchev–Trinajstić information content (AvgIpc) is 2.78. The van der Waals surface area contributed by atoms with E-state index >= 15 is 0 Å². The lowest BCUT2D eigenvalue weighted by Crippen LogP contribution is -1.94. The fourth-order valence-electron chi connectivity index (χ4n) is 2.27. The quantitative estimate of drug-likeness (QED) is 0.778. The number of nitrogens with zero attached hydrogens (tertiary/aromatic N) is 3. The molecule has 0 amide bonds. The van der Waals surface area contributed by atoms with E-state index in [1.54, 1.807) is 6.20 Å². The van der Waals surface area contributed by atoms with Gasteiger partial charge in [0.2, 0.25) is 0 Å². The summed E-state index contributed by atoms with van der Waals surface area (Å²) in [6.45, 7) is 0.165. The van der Waals surface area contributed by atoms with Crippen molar-refractivity contribution in [2.75, 3.05) is 6.61 Å². The van der Waals surface area contributed by atoms with E-state index in [-0.39, 0.29) is 6.61 Å². The molecule has 0 atom stereocenters. The molecule has 0 bridgehead atoms. The number of hydrogen-bond donors (Lipinski definition) is 1. The predicted molar refractivity (Wildman–Crippen MR) is 74.7 cm³/mol. The van der Waals surface area contributed by atoms with Gasteiger partial charge in [0.1, 0.15) is 5.82 Å². The maximum absolute atomic E-state index is 9.01. The van der Waals surface area contributed by atoms with E-state index in [4.69, 9.17) is 5.11 Å². The van der Waals surface area contributed by atoms with Crippen molar-refractivity contribution in [3.8, 4) is 11.4 Å². The second kappa shape index (κ2) is 4.82. The van der Waals surface area contributed by atoms with Gasteiger partial charge in [-0.2, -0.15) is 0 Å². The standard InChI is InChI=1S/C15H15N3O/c1-18-14-9-11(6-8-19)4-5-13(14)17-15(18)12-3-2-7-16-10-12/h2-5,7,9-10,19H,6,8H2,1H3. The molecule has 2 heterocycles. The highest BCUT2D eigenvalue weighted by Gasteiger charge is 2.10. The molecule has 0 spiro atoms. The van der Waals surface area contributed by atoms with E-state index in [2.05, 4.69) is 20.6 Å². The van der Waals surface area contributed by atoms with Crippen LogP contribution in [0.4, 0.5) is 0 Å². The Morgan fingerprint density at radius 1 is 1.26 bits per heavy atom. The molecule has 1 N–H and O–H groups in total. The summed E-state index contributed by atoms with van der Waals surface area (Å²) in [5, 5.41) is 9.01. The molecule has 1 aromatic carbocycles. The topological polar surface area (TPSA) is 50.9 Å². The second-order valence-electron chi connectivity index (χ2n) is 4.53. The van der Waals surface area contributed by atoms with Crippen molar-refractivity contribution in [1.29, 1.82) is 0 Å². The number of rotatable bonds is 3. The summed E-state index contributed by atoms with van der Waals surface area (Å²) in [6.07, 6.45) is 4.24. The van der Waals surface area contributed by atoms with Gasteiger partial charge in [0.15, 0.2) is 0 Å². The minimum Gasteiger partial charge on any atom is -0.396 e. The number of imidazole rings is 1. The molecule has 0 aliphatic rings. The number of aryl methyl sites for hydroxylation is 1. The molecule has 0 saturated heterocycles. The number of pyridine rings is 1. The summed E-state index contributed by atoms with van der Waals surface area (Å²) in [5.41, 5.74) is 4.16. The minimum absolute atomic E-state index is 0.165. The maximum atomic E-state index is 9.01. The normalized spacial score (nSPS) is 11.1.